The molecule has 0 atom stereocenters. The van der Waals surface area contributed by atoms with E-state index in [1.807, 2.05) is 0 Å². The SMILES string of the molecule is N#C/C(=C/c1cc(Cl)c(OCC(=O)O)c(Cl)c1)c1ccc(Cl)cc1. The number of allylic oxidation sites excluding steroid dienone is 1. The summed E-state index contributed by atoms with van der Waals surface area (Å²) in [5.74, 6) is -1.05. The van der Waals surface area contributed by atoms with Gasteiger partial charge in [-0.1, -0.05) is 46.9 Å². The van der Waals surface area contributed by atoms with Gasteiger partial charge in [-0.3, -0.25) is 0 Å². The van der Waals surface area contributed by atoms with Gasteiger partial charge in [0.25, 0.3) is 0 Å². The van der Waals surface area contributed by atoms with E-state index < -0.39 is 12.6 Å². The number of aliphatic carboxylic acids is 1. The molecule has 0 fully saturated rings. The fourth-order valence-electron chi connectivity index (χ4n) is 1.91. The van der Waals surface area contributed by atoms with E-state index in [0.29, 0.717) is 21.7 Å². The van der Waals surface area contributed by atoms with Gasteiger partial charge >= 0.3 is 5.97 Å². The second-order valence-electron chi connectivity index (χ2n) is 4.67. The molecule has 2 aromatic carbocycles. The standard InChI is InChI=1S/C17H10Cl3NO3/c18-13-3-1-11(2-4-13)12(8-21)5-10-6-14(19)17(15(20)7-10)24-9-16(22)23/h1-7H,9H2,(H,22,23)/b12-5-. The summed E-state index contributed by atoms with van der Waals surface area (Å²) in [5.41, 5.74) is 1.68. The summed E-state index contributed by atoms with van der Waals surface area (Å²) in [6, 6.07) is 12.0. The molecule has 0 spiro atoms. The van der Waals surface area contributed by atoms with Crippen molar-refractivity contribution in [3.8, 4) is 11.8 Å². The van der Waals surface area contributed by atoms with Crippen LogP contribution >= 0.6 is 34.8 Å². The number of ether oxygens (including phenoxy) is 1. The predicted octanol–water partition coefficient (Wildman–Crippen LogP) is 5.17. The number of carboxylic acids is 1. The van der Waals surface area contributed by atoms with Gasteiger partial charge in [0.2, 0.25) is 0 Å². The van der Waals surface area contributed by atoms with Crippen molar-refractivity contribution in [3.63, 3.8) is 0 Å². The van der Waals surface area contributed by atoms with Crippen LogP contribution in [0.15, 0.2) is 36.4 Å². The molecule has 0 saturated carbocycles. The highest BCUT2D eigenvalue weighted by atomic mass is 35.5. The van der Waals surface area contributed by atoms with Gasteiger partial charge < -0.3 is 9.84 Å². The molecule has 0 heterocycles. The molecule has 122 valence electrons. The van der Waals surface area contributed by atoms with E-state index in [2.05, 4.69) is 6.07 Å². The van der Waals surface area contributed by atoms with E-state index in [4.69, 9.17) is 44.6 Å². The number of halogens is 3. The monoisotopic (exact) mass is 381 g/mol. The van der Waals surface area contributed by atoms with Gasteiger partial charge in [-0.25, -0.2) is 4.79 Å². The first-order chi connectivity index (χ1) is 11.4. The molecule has 0 unspecified atom stereocenters. The Kier molecular flexibility index (Phi) is 6.10. The van der Waals surface area contributed by atoms with E-state index in [0.717, 1.165) is 0 Å². The molecule has 1 N–H and O–H groups in total. The molecular formula is C17H10Cl3NO3. The summed E-state index contributed by atoms with van der Waals surface area (Å²) in [5, 5.41) is 18.9. The van der Waals surface area contributed by atoms with Gasteiger partial charge in [0.05, 0.1) is 21.7 Å². The Labute approximate surface area is 153 Å². The lowest BCUT2D eigenvalue weighted by Gasteiger charge is -2.09. The van der Waals surface area contributed by atoms with Crippen molar-refractivity contribution in [3.05, 3.63) is 62.6 Å². The minimum Gasteiger partial charge on any atom is -0.479 e. The fourth-order valence-corrected chi connectivity index (χ4v) is 2.65. The largest absolute Gasteiger partial charge is 0.479 e. The van der Waals surface area contributed by atoms with Crippen molar-refractivity contribution in [2.75, 3.05) is 6.61 Å². The Balaban J connectivity index is 2.36. The van der Waals surface area contributed by atoms with Crippen LogP contribution in [0.5, 0.6) is 5.75 Å². The molecule has 4 nitrogen and oxygen atoms in total. The topological polar surface area (TPSA) is 70.3 Å². The minimum absolute atomic E-state index is 0.0860. The maximum Gasteiger partial charge on any atom is 0.341 e. The Bertz CT molecular complexity index is 816. The van der Waals surface area contributed by atoms with E-state index >= 15 is 0 Å². The van der Waals surface area contributed by atoms with Crippen molar-refractivity contribution in [2.45, 2.75) is 0 Å². The summed E-state index contributed by atoms with van der Waals surface area (Å²) in [4.78, 5) is 10.6. The van der Waals surface area contributed by atoms with Crippen molar-refractivity contribution in [2.24, 2.45) is 0 Å². The number of carbonyl (C=O) groups is 1. The Morgan fingerprint density at radius 1 is 1.17 bits per heavy atom. The van der Waals surface area contributed by atoms with Crippen molar-refractivity contribution >= 4 is 52.4 Å². The number of hydrogen-bond donors (Lipinski definition) is 1. The molecule has 7 heteroatoms. The highest BCUT2D eigenvalue weighted by molar-refractivity contribution is 6.37. The van der Waals surface area contributed by atoms with Crippen molar-refractivity contribution < 1.29 is 14.6 Å². The average molecular weight is 383 g/mol. The van der Waals surface area contributed by atoms with Crippen LogP contribution in [0, 0.1) is 11.3 Å². The molecule has 0 aliphatic carbocycles. The zero-order valence-corrected chi connectivity index (χ0v) is 14.4. The Morgan fingerprint density at radius 2 is 1.75 bits per heavy atom. The van der Waals surface area contributed by atoms with Crippen LogP contribution in [0.1, 0.15) is 11.1 Å². The van der Waals surface area contributed by atoms with E-state index in [1.165, 1.54) is 12.1 Å². The second kappa shape index (κ2) is 8.07. The maximum atomic E-state index is 10.6. The summed E-state index contributed by atoms with van der Waals surface area (Å²) in [6.07, 6.45) is 1.61. The van der Waals surface area contributed by atoms with Gasteiger partial charge in [0, 0.05) is 5.02 Å². The average Bonchev–Trinajstić information content (AvgIpc) is 2.52. The van der Waals surface area contributed by atoms with Gasteiger partial charge in [-0.2, -0.15) is 5.26 Å². The van der Waals surface area contributed by atoms with Crippen LogP contribution in [-0.4, -0.2) is 17.7 Å². The molecule has 2 rings (SSSR count). The molecule has 2 aromatic rings. The van der Waals surface area contributed by atoms with Crippen molar-refractivity contribution in [1.82, 2.24) is 0 Å². The Morgan fingerprint density at radius 3 is 2.25 bits per heavy atom. The van der Waals surface area contributed by atoms with Gasteiger partial charge in [-0.15, -0.1) is 0 Å². The molecule has 0 saturated heterocycles. The fraction of sp³-hybridized carbons (Fsp3) is 0.0588. The quantitative estimate of drug-likeness (QED) is 0.572. The summed E-state index contributed by atoms with van der Waals surface area (Å²) < 4.78 is 5.05. The number of benzene rings is 2. The lowest BCUT2D eigenvalue weighted by Crippen LogP contribution is -2.10. The summed E-state index contributed by atoms with van der Waals surface area (Å²) in [6.45, 7) is -0.553. The summed E-state index contributed by atoms with van der Waals surface area (Å²) >= 11 is 18.0. The molecule has 0 aliphatic heterocycles. The molecule has 0 radical (unpaired) electrons. The third kappa shape index (κ3) is 4.65. The highest BCUT2D eigenvalue weighted by Crippen LogP contribution is 2.35. The van der Waals surface area contributed by atoms with Gasteiger partial charge in [-0.05, 0) is 41.5 Å². The molecule has 0 aromatic heterocycles. The lowest BCUT2D eigenvalue weighted by atomic mass is 10.0. The van der Waals surface area contributed by atoms with Crippen LogP contribution in [0.25, 0.3) is 11.6 Å². The number of rotatable bonds is 5. The number of nitrogens with zero attached hydrogens (tertiary/aromatic N) is 1. The summed E-state index contributed by atoms with van der Waals surface area (Å²) in [7, 11) is 0. The predicted molar refractivity (Wildman–Crippen MR) is 94.5 cm³/mol. The number of hydrogen-bond acceptors (Lipinski definition) is 3. The van der Waals surface area contributed by atoms with Crippen LogP contribution in [0.4, 0.5) is 0 Å². The van der Waals surface area contributed by atoms with Gasteiger partial charge in [0.1, 0.15) is 0 Å². The third-order valence-electron chi connectivity index (χ3n) is 2.95. The normalized spacial score (nSPS) is 11.0. The first-order valence-corrected chi connectivity index (χ1v) is 7.75. The molecule has 0 bridgehead atoms. The van der Waals surface area contributed by atoms with Gasteiger partial charge in [0.15, 0.2) is 12.4 Å². The second-order valence-corrected chi connectivity index (χ2v) is 5.92. The Hall–Kier alpha value is -2.19. The third-order valence-corrected chi connectivity index (χ3v) is 3.76. The molecule has 24 heavy (non-hydrogen) atoms. The van der Waals surface area contributed by atoms with Crippen LogP contribution < -0.4 is 4.74 Å². The zero-order valence-electron chi connectivity index (χ0n) is 12.1. The van der Waals surface area contributed by atoms with E-state index in [-0.39, 0.29) is 15.8 Å². The number of carboxylic acid groups (broad SMARTS) is 1. The zero-order chi connectivity index (χ0) is 17.7. The van der Waals surface area contributed by atoms with Crippen LogP contribution in [0.2, 0.25) is 15.1 Å². The van der Waals surface area contributed by atoms with Crippen LogP contribution in [0.3, 0.4) is 0 Å². The molecular weight excluding hydrogens is 373 g/mol. The first-order valence-electron chi connectivity index (χ1n) is 6.62. The minimum atomic E-state index is -1.14. The smallest absolute Gasteiger partial charge is 0.341 e. The highest BCUT2D eigenvalue weighted by Gasteiger charge is 2.11. The van der Waals surface area contributed by atoms with Crippen molar-refractivity contribution in [1.29, 1.82) is 5.26 Å². The number of nitriles is 1. The molecule has 0 aliphatic rings. The maximum absolute atomic E-state index is 10.6. The first kappa shape index (κ1) is 18.2. The molecule has 0 amide bonds. The van der Waals surface area contributed by atoms with E-state index in [1.54, 1.807) is 30.3 Å². The lowest BCUT2D eigenvalue weighted by molar-refractivity contribution is -0.139. The van der Waals surface area contributed by atoms with Crippen LogP contribution in [-0.2, 0) is 4.79 Å². The van der Waals surface area contributed by atoms with E-state index in [9.17, 15) is 10.1 Å².